The summed E-state index contributed by atoms with van der Waals surface area (Å²) < 4.78 is 13.4. The second-order valence-electron chi connectivity index (χ2n) is 6.99. The molecule has 1 atom stereocenters. The summed E-state index contributed by atoms with van der Waals surface area (Å²) in [4.78, 5) is 7.01. The minimum atomic E-state index is 0.502. The van der Waals surface area contributed by atoms with Crippen molar-refractivity contribution in [2.45, 2.75) is 52.2 Å². The number of fused-ring (bicyclic) bond motifs is 1. The van der Waals surface area contributed by atoms with E-state index in [4.69, 9.17) is 9.47 Å². The van der Waals surface area contributed by atoms with Crippen LogP contribution in [-0.2, 0) is 13.1 Å². The maximum absolute atomic E-state index is 5.73. The van der Waals surface area contributed by atoms with Crippen LogP contribution in [0.1, 0.15) is 36.5 Å². The minimum absolute atomic E-state index is 0.502. The first kappa shape index (κ1) is 16.4. The van der Waals surface area contributed by atoms with E-state index in [1.54, 1.807) is 0 Å². The fourth-order valence-corrected chi connectivity index (χ4v) is 3.83. The third kappa shape index (κ3) is 3.63. The van der Waals surface area contributed by atoms with Gasteiger partial charge in [-0.15, -0.1) is 0 Å². The lowest BCUT2D eigenvalue weighted by Gasteiger charge is -2.36. The molecule has 4 rings (SSSR count). The highest BCUT2D eigenvalue weighted by atomic mass is 16.6. The highest BCUT2D eigenvalue weighted by molar-refractivity contribution is 5.43. The smallest absolute Gasteiger partial charge is 0.161 e. The predicted octanol–water partition coefficient (Wildman–Crippen LogP) is 2.72. The number of aromatic nitrogens is 3. The first-order chi connectivity index (χ1) is 12.2. The van der Waals surface area contributed by atoms with Crippen molar-refractivity contribution in [2.75, 3.05) is 19.8 Å². The van der Waals surface area contributed by atoms with Gasteiger partial charge < -0.3 is 9.47 Å². The summed E-state index contributed by atoms with van der Waals surface area (Å²) in [7, 11) is 0. The molecule has 1 aromatic heterocycles. The second kappa shape index (κ2) is 7.04. The number of rotatable bonds is 4. The molecule has 25 heavy (non-hydrogen) atoms. The molecule has 0 saturated carbocycles. The molecule has 0 bridgehead atoms. The minimum Gasteiger partial charge on any atom is -0.486 e. The lowest BCUT2D eigenvalue weighted by atomic mass is 10.0. The summed E-state index contributed by atoms with van der Waals surface area (Å²) >= 11 is 0. The molecule has 1 aromatic carbocycles. The number of hydrogen-bond acceptors (Lipinski definition) is 5. The number of benzene rings is 1. The number of nitrogens with zero attached hydrogens (tertiary/aromatic N) is 4. The number of likely N-dealkylation sites (tertiary alicyclic amines) is 1. The maximum atomic E-state index is 5.73. The number of ether oxygens (including phenoxy) is 2. The largest absolute Gasteiger partial charge is 0.486 e. The van der Waals surface area contributed by atoms with E-state index >= 15 is 0 Å². The molecule has 0 radical (unpaired) electrons. The van der Waals surface area contributed by atoms with E-state index in [0.717, 1.165) is 42.8 Å². The quantitative estimate of drug-likeness (QED) is 0.855. The van der Waals surface area contributed by atoms with Gasteiger partial charge in [0.2, 0.25) is 0 Å². The van der Waals surface area contributed by atoms with E-state index in [9.17, 15) is 0 Å². The highest BCUT2D eigenvalue weighted by Crippen LogP contribution is 2.32. The molecule has 6 nitrogen and oxygen atoms in total. The van der Waals surface area contributed by atoms with E-state index < -0.39 is 0 Å². The van der Waals surface area contributed by atoms with Crippen LogP contribution in [0.2, 0.25) is 0 Å². The fraction of sp³-hybridized carbons (Fsp3) is 0.579. The normalized spacial score (nSPS) is 20.6. The topological polar surface area (TPSA) is 52.4 Å². The third-order valence-electron chi connectivity index (χ3n) is 5.09. The summed E-state index contributed by atoms with van der Waals surface area (Å²) in [5, 5.41) is 4.55. The Morgan fingerprint density at radius 1 is 1.12 bits per heavy atom. The van der Waals surface area contributed by atoms with Crippen LogP contribution in [0.3, 0.4) is 0 Å². The van der Waals surface area contributed by atoms with Gasteiger partial charge in [0.1, 0.15) is 24.9 Å². The molecule has 2 aliphatic rings. The molecule has 0 N–H and O–H groups in total. The van der Waals surface area contributed by atoms with E-state index in [-0.39, 0.29) is 0 Å². The van der Waals surface area contributed by atoms with Gasteiger partial charge in [0.25, 0.3) is 0 Å². The first-order valence-electron chi connectivity index (χ1n) is 9.19. The zero-order chi connectivity index (χ0) is 17.2. The Morgan fingerprint density at radius 3 is 2.76 bits per heavy atom. The van der Waals surface area contributed by atoms with Crippen molar-refractivity contribution in [3.8, 4) is 11.5 Å². The average Bonchev–Trinajstić information content (AvgIpc) is 2.94. The van der Waals surface area contributed by atoms with Crippen molar-refractivity contribution in [1.82, 2.24) is 19.7 Å². The zero-order valence-electron chi connectivity index (χ0n) is 15.1. The van der Waals surface area contributed by atoms with Gasteiger partial charge >= 0.3 is 0 Å². The van der Waals surface area contributed by atoms with Crippen molar-refractivity contribution in [2.24, 2.45) is 0 Å². The SMILES string of the molecule is Cc1nc(C)n(C[C@@H]2CCCCN2Cc2ccc3c(c2)OCCO3)n1. The third-order valence-corrected chi connectivity index (χ3v) is 5.09. The highest BCUT2D eigenvalue weighted by Gasteiger charge is 2.24. The Hall–Kier alpha value is -2.08. The van der Waals surface area contributed by atoms with Crippen LogP contribution in [0.5, 0.6) is 11.5 Å². The summed E-state index contributed by atoms with van der Waals surface area (Å²) in [6, 6.07) is 6.82. The van der Waals surface area contributed by atoms with Crippen LogP contribution in [0.4, 0.5) is 0 Å². The van der Waals surface area contributed by atoms with Crippen LogP contribution in [0.15, 0.2) is 18.2 Å². The van der Waals surface area contributed by atoms with E-state index in [1.807, 2.05) is 19.9 Å². The van der Waals surface area contributed by atoms with Gasteiger partial charge in [-0.25, -0.2) is 9.67 Å². The molecular formula is C19H26N4O2. The van der Waals surface area contributed by atoms with Crippen LogP contribution < -0.4 is 9.47 Å². The number of piperidine rings is 1. The van der Waals surface area contributed by atoms with Gasteiger partial charge in [0.05, 0.1) is 6.54 Å². The average molecular weight is 342 g/mol. The summed E-state index contributed by atoms with van der Waals surface area (Å²) in [5.74, 6) is 3.59. The molecule has 0 aliphatic carbocycles. The molecule has 0 amide bonds. The second-order valence-corrected chi connectivity index (χ2v) is 6.99. The molecule has 134 valence electrons. The van der Waals surface area contributed by atoms with Gasteiger partial charge in [0, 0.05) is 12.6 Å². The molecule has 3 heterocycles. The zero-order valence-corrected chi connectivity index (χ0v) is 15.1. The van der Waals surface area contributed by atoms with Crippen LogP contribution in [0, 0.1) is 13.8 Å². The Labute approximate surface area is 148 Å². The Bertz CT molecular complexity index is 743. The van der Waals surface area contributed by atoms with Crippen LogP contribution in [-0.4, -0.2) is 45.5 Å². The number of aryl methyl sites for hydroxylation is 2. The lowest BCUT2D eigenvalue weighted by molar-refractivity contribution is 0.120. The number of hydrogen-bond donors (Lipinski definition) is 0. The Morgan fingerprint density at radius 2 is 1.96 bits per heavy atom. The van der Waals surface area contributed by atoms with E-state index in [0.29, 0.717) is 19.3 Å². The molecule has 1 saturated heterocycles. The van der Waals surface area contributed by atoms with Gasteiger partial charge in [0.15, 0.2) is 11.5 Å². The Balaban J connectivity index is 1.48. The van der Waals surface area contributed by atoms with Crippen molar-refractivity contribution in [3.63, 3.8) is 0 Å². The Kier molecular flexibility index (Phi) is 4.61. The van der Waals surface area contributed by atoms with E-state index in [2.05, 4.69) is 31.8 Å². The van der Waals surface area contributed by atoms with Crippen molar-refractivity contribution < 1.29 is 9.47 Å². The van der Waals surface area contributed by atoms with Gasteiger partial charge in [-0.3, -0.25) is 4.90 Å². The molecule has 6 heteroatoms. The predicted molar refractivity (Wildman–Crippen MR) is 95.0 cm³/mol. The van der Waals surface area contributed by atoms with Gasteiger partial charge in [-0.2, -0.15) is 5.10 Å². The molecule has 2 aliphatic heterocycles. The van der Waals surface area contributed by atoms with Crippen molar-refractivity contribution in [3.05, 3.63) is 35.4 Å². The lowest BCUT2D eigenvalue weighted by Crippen LogP contribution is -2.41. The molecule has 0 unspecified atom stereocenters. The van der Waals surface area contributed by atoms with Crippen LogP contribution >= 0.6 is 0 Å². The van der Waals surface area contributed by atoms with Crippen LogP contribution in [0.25, 0.3) is 0 Å². The first-order valence-corrected chi connectivity index (χ1v) is 9.19. The van der Waals surface area contributed by atoms with Gasteiger partial charge in [-0.1, -0.05) is 12.5 Å². The molecule has 1 fully saturated rings. The monoisotopic (exact) mass is 342 g/mol. The summed E-state index contributed by atoms with van der Waals surface area (Å²) in [6.45, 7) is 8.24. The standard InChI is InChI=1S/C19H26N4O2/c1-14-20-15(2)23(21-14)13-17-5-3-4-8-22(17)12-16-6-7-18-19(11-16)25-10-9-24-18/h6-7,11,17H,3-5,8-10,12-13H2,1-2H3/t17-/m0/s1. The summed E-state index contributed by atoms with van der Waals surface area (Å²) in [6.07, 6.45) is 3.76. The molecule has 0 spiro atoms. The molecular weight excluding hydrogens is 316 g/mol. The molecule has 2 aromatic rings. The van der Waals surface area contributed by atoms with Crippen molar-refractivity contribution >= 4 is 0 Å². The fourth-order valence-electron chi connectivity index (χ4n) is 3.83. The van der Waals surface area contributed by atoms with Crippen molar-refractivity contribution in [1.29, 1.82) is 0 Å². The van der Waals surface area contributed by atoms with Gasteiger partial charge in [-0.05, 0) is 50.9 Å². The maximum Gasteiger partial charge on any atom is 0.161 e. The summed E-state index contributed by atoms with van der Waals surface area (Å²) in [5.41, 5.74) is 1.28. The van der Waals surface area contributed by atoms with E-state index in [1.165, 1.54) is 24.8 Å².